The van der Waals surface area contributed by atoms with Crippen molar-refractivity contribution in [1.82, 2.24) is 14.5 Å². The highest BCUT2D eigenvalue weighted by atomic mass is 32.2. The molecule has 0 spiro atoms. The number of nitrogen functional groups attached to an aromatic ring is 1. The summed E-state index contributed by atoms with van der Waals surface area (Å²) in [6.45, 7) is 0.935. The minimum atomic E-state index is 0.549. The maximum absolute atomic E-state index is 5.85. The predicted octanol–water partition coefficient (Wildman–Crippen LogP) is 1.89. The van der Waals surface area contributed by atoms with Gasteiger partial charge in [-0.15, -0.1) is 0 Å². The minimum Gasteiger partial charge on any atom is -0.383 e. The van der Waals surface area contributed by atoms with Crippen LogP contribution in [0, 0.1) is 0 Å². The van der Waals surface area contributed by atoms with E-state index in [1.165, 1.54) is 0 Å². The van der Waals surface area contributed by atoms with Crippen molar-refractivity contribution in [2.45, 2.75) is 6.54 Å². The third kappa shape index (κ3) is 2.19. The molecule has 0 aliphatic carbocycles. The Bertz CT molecular complexity index is 467. The lowest BCUT2D eigenvalue weighted by molar-refractivity contribution is 0.778. The van der Waals surface area contributed by atoms with Crippen LogP contribution < -0.4 is 5.73 Å². The molecule has 0 aliphatic heterocycles. The monoisotopic (exact) mass is 234 g/mol. The summed E-state index contributed by atoms with van der Waals surface area (Å²) in [6, 6.07) is 3.85. The molecule has 2 N–H and O–H groups in total. The Balaban J connectivity index is 2.33. The maximum Gasteiger partial charge on any atom is 0.132 e. The van der Waals surface area contributed by atoms with Crippen LogP contribution in [0.25, 0.3) is 11.3 Å². The lowest BCUT2D eigenvalue weighted by atomic mass is 10.2. The van der Waals surface area contributed by atoms with E-state index in [1.54, 1.807) is 6.20 Å². The molecule has 0 radical (unpaired) electrons. The lowest BCUT2D eigenvalue weighted by Crippen LogP contribution is -2.02. The van der Waals surface area contributed by atoms with Crippen LogP contribution in [-0.2, 0) is 6.54 Å². The molecule has 2 aromatic heterocycles. The number of aromatic nitrogens is 3. The van der Waals surface area contributed by atoms with Crippen molar-refractivity contribution < 1.29 is 0 Å². The van der Waals surface area contributed by atoms with E-state index >= 15 is 0 Å². The highest BCUT2D eigenvalue weighted by Gasteiger charge is 2.08. The van der Waals surface area contributed by atoms with Gasteiger partial charge in [-0.2, -0.15) is 11.8 Å². The second-order valence-corrected chi connectivity index (χ2v) is 4.39. The van der Waals surface area contributed by atoms with Crippen LogP contribution in [-0.4, -0.2) is 26.5 Å². The largest absolute Gasteiger partial charge is 0.383 e. The van der Waals surface area contributed by atoms with E-state index in [9.17, 15) is 0 Å². The number of nitrogens with zero attached hydrogens (tertiary/aromatic N) is 3. The highest BCUT2D eigenvalue weighted by Crippen LogP contribution is 2.23. The first kappa shape index (κ1) is 11.0. The van der Waals surface area contributed by atoms with Crippen molar-refractivity contribution in [2.75, 3.05) is 17.7 Å². The van der Waals surface area contributed by atoms with Crippen molar-refractivity contribution in [2.24, 2.45) is 0 Å². The maximum atomic E-state index is 5.85. The number of imidazole rings is 1. The summed E-state index contributed by atoms with van der Waals surface area (Å²) in [4.78, 5) is 8.25. The first-order valence-corrected chi connectivity index (χ1v) is 6.42. The van der Waals surface area contributed by atoms with Gasteiger partial charge >= 0.3 is 0 Å². The first-order chi connectivity index (χ1) is 7.83. The summed E-state index contributed by atoms with van der Waals surface area (Å²) in [5, 5.41) is 0. The Morgan fingerprint density at radius 1 is 1.50 bits per heavy atom. The van der Waals surface area contributed by atoms with E-state index in [2.05, 4.69) is 20.8 Å². The Labute approximate surface area is 98.9 Å². The number of nitrogens with two attached hydrogens (primary N) is 1. The van der Waals surface area contributed by atoms with Crippen molar-refractivity contribution in [3.63, 3.8) is 0 Å². The van der Waals surface area contributed by atoms with Crippen molar-refractivity contribution in [3.8, 4) is 11.3 Å². The summed E-state index contributed by atoms with van der Waals surface area (Å²) >= 11 is 1.81. The summed E-state index contributed by atoms with van der Waals surface area (Å²) < 4.78 is 2.10. The second-order valence-electron chi connectivity index (χ2n) is 3.40. The molecule has 0 aliphatic rings. The Morgan fingerprint density at radius 3 is 3.12 bits per heavy atom. The van der Waals surface area contributed by atoms with Crippen LogP contribution in [0.3, 0.4) is 0 Å². The SMILES string of the molecule is CSCCn1cncc1-c1cccnc1N. The average molecular weight is 234 g/mol. The fourth-order valence-electron chi connectivity index (χ4n) is 1.55. The van der Waals surface area contributed by atoms with Crippen LogP contribution in [0.5, 0.6) is 0 Å². The van der Waals surface area contributed by atoms with Crippen LogP contribution in [0.1, 0.15) is 0 Å². The summed E-state index contributed by atoms with van der Waals surface area (Å²) in [5.74, 6) is 1.61. The van der Waals surface area contributed by atoms with Gasteiger partial charge in [-0.3, -0.25) is 0 Å². The molecule has 0 saturated heterocycles. The number of thioether (sulfide) groups is 1. The van der Waals surface area contributed by atoms with Gasteiger partial charge in [0.2, 0.25) is 0 Å². The molecule has 0 bridgehead atoms. The first-order valence-electron chi connectivity index (χ1n) is 5.03. The van der Waals surface area contributed by atoms with Crippen LogP contribution in [0.4, 0.5) is 5.82 Å². The number of anilines is 1. The molecule has 2 rings (SSSR count). The molecular weight excluding hydrogens is 220 g/mol. The molecule has 0 atom stereocenters. The molecule has 5 heteroatoms. The normalized spacial score (nSPS) is 10.6. The second kappa shape index (κ2) is 5.03. The minimum absolute atomic E-state index is 0.549. The van der Waals surface area contributed by atoms with Gasteiger partial charge in [-0.1, -0.05) is 0 Å². The third-order valence-corrected chi connectivity index (χ3v) is 2.95. The Morgan fingerprint density at radius 2 is 2.38 bits per heavy atom. The quantitative estimate of drug-likeness (QED) is 0.877. The summed E-state index contributed by atoms with van der Waals surface area (Å²) in [7, 11) is 0. The van der Waals surface area contributed by atoms with Crippen LogP contribution in [0.15, 0.2) is 30.9 Å². The van der Waals surface area contributed by atoms with Gasteiger partial charge in [0.05, 0.1) is 18.2 Å². The number of pyridine rings is 1. The molecule has 0 unspecified atom stereocenters. The number of rotatable bonds is 4. The van der Waals surface area contributed by atoms with Crippen molar-refractivity contribution in [1.29, 1.82) is 0 Å². The molecule has 0 saturated carbocycles. The van der Waals surface area contributed by atoms with E-state index in [0.29, 0.717) is 5.82 Å². The van der Waals surface area contributed by atoms with Gasteiger partial charge in [0.15, 0.2) is 0 Å². The highest BCUT2D eigenvalue weighted by molar-refractivity contribution is 7.98. The van der Waals surface area contributed by atoms with Gasteiger partial charge in [-0.05, 0) is 18.4 Å². The fourth-order valence-corrected chi connectivity index (χ4v) is 1.93. The van der Waals surface area contributed by atoms with Gasteiger partial charge in [-0.25, -0.2) is 9.97 Å². The molecule has 0 aromatic carbocycles. The molecule has 0 fully saturated rings. The topological polar surface area (TPSA) is 56.7 Å². The molecule has 2 heterocycles. The number of hydrogen-bond donors (Lipinski definition) is 1. The standard InChI is InChI=1S/C11H14N4S/c1-16-6-5-15-8-13-7-10(15)9-3-2-4-14-11(9)12/h2-4,7-8H,5-6H2,1H3,(H2,12,14). The van der Waals surface area contributed by atoms with Crippen molar-refractivity contribution >= 4 is 17.6 Å². The van der Waals surface area contributed by atoms with E-state index < -0.39 is 0 Å². The third-order valence-electron chi connectivity index (χ3n) is 2.36. The summed E-state index contributed by atoms with van der Waals surface area (Å²) in [6.07, 6.45) is 7.45. The lowest BCUT2D eigenvalue weighted by Gasteiger charge is -2.08. The Kier molecular flexibility index (Phi) is 3.46. The smallest absolute Gasteiger partial charge is 0.132 e. The van der Waals surface area contributed by atoms with Crippen molar-refractivity contribution in [3.05, 3.63) is 30.9 Å². The zero-order valence-electron chi connectivity index (χ0n) is 9.13. The van der Waals surface area contributed by atoms with Gasteiger partial charge < -0.3 is 10.3 Å². The van der Waals surface area contributed by atoms with Gasteiger partial charge in [0.1, 0.15) is 5.82 Å². The molecule has 16 heavy (non-hydrogen) atoms. The molecule has 2 aromatic rings. The molecule has 0 amide bonds. The summed E-state index contributed by atoms with van der Waals surface area (Å²) in [5.41, 5.74) is 7.82. The zero-order chi connectivity index (χ0) is 11.4. The Hall–Kier alpha value is -1.49. The van der Waals surface area contributed by atoms with E-state index in [-0.39, 0.29) is 0 Å². The van der Waals surface area contributed by atoms with Crippen LogP contribution in [0.2, 0.25) is 0 Å². The predicted molar refractivity (Wildman–Crippen MR) is 68.3 cm³/mol. The molecule has 4 nitrogen and oxygen atoms in total. The van der Waals surface area contributed by atoms with Gasteiger partial charge in [0.25, 0.3) is 0 Å². The van der Waals surface area contributed by atoms with Gasteiger partial charge in [0, 0.05) is 24.1 Å². The zero-order valence-corrected chi connectivity index (χ0v) is 9.94. The number of aryl methyl sites for hydroxylation is 1. The number of hydrogen-bond acceptors (Lipinski definition) is 4. The molecular formula is C11H14N4S. The van der Waals surface area contributed by atoms with E-state index in [1.807, 2.05) is 36.4 Å². The van der Waals surface area contributed by atoms with E-state index in [4.69, 9.17) is 5.73 Å². The molecule has 84 valence electrons. The van der Waals surface area contributed by atoms with Crippen LogP contribution >= 0.6 is 11.8 Å². The average Bonchev–Trinajstić information content (AvgIpc) is 2.75. The fraction of sp³-hybridized carbons (Fsp3) is 0.273. The van der Waals surface area contributed by atoms with E-state index in [0.717, 1.165) is 23.6 Å².